The van der Waals surface area contributed by atoms with Gasteiger partial charge in [-0.15, -0.1) is 11.8 Å². The van der Waals surface area contributed by atoms with Crippen LogP contribution in [0.25, 0.3) is 11.0 Å². The summed E-state index contributed by atoms with van der Waals surface area (Å²) in [6.07, 6.45) is 3.31. The van der Waals surface area contributed by atoms with E-state index in [1.165, 1.54) is 13.3 Å². The smallest absolute Gasteiger partial charge is 0.163 e. The van der Waals surface area contributed by atoms with Gasteiger partial charge in [-0.3, -0.25) is 9.48 Å². The van der Waals surface area contributed by atoms with Crippen molar-refractivity contribution in [2.45, 2.75) is 11.9 Å². The fourth-order valence-corrected chi connectivity index (χ4v) is 3.01. The van der Waals surface area contributed by atoms with Crippen LogP contribution in [0, 0.1) is 0 Å². The lowest BCUT2D eigenvalue weighted by atomic mass is 10.1. The Kier molecular flexibility index (Phi) is 4.57. The number of aryl methyl sites for hydroxylation is 1. The first-order valence-corrected chi connectivity index (χ1v) is 8.13. The number of rotatable bonds is 6. The second-order valence-corrected chi connectivity index (χ2v) is 6.02. The van der Waals surface area contributed by atoms with Crippen molar-refractivity contribution in [2.75, 3.05) is 12.4 Å². The highest BCUT2D eigenvalue weighted by Gasteiger charge is 2.09. The van der Waals surface area contributed by atoms with E-state index in [-0.39, 0.29) is 5.78 Å². The number of fused-ring (bicyclic) bond motifs is 1. The zero-order valence-corrected chi connectivity index (χ0v) is 13.7. The monoisotopic (exact) mass is 328 g/mol. The molecule has 3 rings (SSSR count). The molecule has 0 aliphatic heterocycles. The Morgan fingerprint density at radius 2 is 2.13 bits per heavy atom. The summed E-state index contributed by atoms with van der Waals surface area (Å²) in [5, 5.41) is 6.01. The quantitative estimate of drug-likeness (QED) is 0.300. The molecule has 0 atom stereocenters. The van der Waals surface area contributed by atoms with Crippen molar-refractivity contribution in [3.05, 3.63) is 42.4 Å². The minimum Gasteiger partial charge on any atom is -0.492 e. The van der Waals surface area contributed by atoms with Crippen molar-refractivity contribution < 1.29 is 9.53 Å². The third kappa shape index (κ3) is 3.34. The molecular weight excluding hydrogens is 312 g/mol. The highest BCUT2D eigenvalue weighted by atomic mass is 32.2. The second-order valence-electron chi connectivity index (χ2n) is 4.93. The largest absolute Gasteiger partial charge is 0.492 e. The lowest BCUT2D eigenvalue weighted by molar-refractivity contribution is 0.101. The van der Waals surface area contributed by atoms with Gasteiger partial charge in [-0.2, -0.15) is 5.10 Å². The first-order chi connectivity index (χ1) is 11.2. The normalized spacial score (nSPS) is 10.9. The Morgan fingerprint density at radius 1 is 1.30 bits per heavy atom. The maximum absolute atomic E-state index is 11.6. The molecule has 0 spiro atoms. The summed E-state index contributed by atoms with van der Waals surface area (Å²) in [6.45, 7) is 2.03. The highest BCUT2D eigenvalue weighted by Crippen LogP contribution is 2.24. The maximum Gasteiger partial charge on any atom is 0.163 e. The predicted molar refractivity (Wildman–Crippen MR) is 89.0 cm³/mol. The standard InChI is InChI=1S/C16H16N4O2S/c1-11(21)12-5-3-4-6-14(12)22-7-8-23-16-13-9-19-20(2)15(13)17-10-18-16/h3-6,9-10H,7-8H2,1-2H3. The van der Waals surface area contributed by atoms with Crippen LogP contribution in [0.2, 0.25) is 0 Å². The van der Waals surface area contributed by atoms with E-state index >= 15 is 0 Å². The van der Waals surface area contributed by atoms with Gasteiger partial charge in [-0.1, -0.05) is 12.1 Å². The number of ether oxygens (including phenoxy) is 1. The molecule has 0 aliphatic rings. The molecule has 0 amide bonds. The minimum atomic E-state index is 0.00104. The molecule has 1 aromatic carbocycles. The number of Topliss-reactive ketones (excluding diaryl/α,β-unsaturated/α-hetero) is 1. The number of para-hydroxylation sites is 1. The van der Waals surface area contributed by atoms with E-state index < -0.39 is 0 Å². The van der Waals surface area contributed by atoms with Crippen LogP contribution < -0.4 is 4.74 Å². The number of thioether (sulfide) groups is 1. The fourth-order valence-electron chi connectivity index (χ4n) is 2.23. The van der Waals surface area contributed by atoms with E-state index in [0.717, 1.165) is 16.1 Å². The molecule has 6 nitrogen and oxygen atoms in total. The van der Waals surface area contributed by atoms with Crippen LogP contribution in [-0.2, 0) is 7.05 Å². The molecule has 0 saturated carbocycles. The minimum absolute atomic E-state index is 0.00104. The number of ketones is 1. The van der Waals surface area contributed by atoms with Crippen LogP contribution in [0.3, 0.4) is 0 Å². The summed E-state index contributed by atoms with van der Waals surface area (Å²) >= 11 is 1.58. The van der Waals surface area contributed by atoms with Gasteiger partial charge in [0.15, 0.2) is 11.4 Å². The van der Waals surface area contributed by atoms with Gasteiger partial charge in [0.25, 0.3) is 0 Å². The van der Waals surface area contributed by atoms with Gasteiger partial charge < -0.3 is 4.74 Å². The topological polar surface area (TPSA) is 69.9 Å². The summed E-state index contributed by atoms with van der Waals surface area (Å²) in [5.74, 6) is 1.34. The van der Waals surface area contributed by atoms with Gasteiger partial charge in [0.05, 0.1) is 23.8 Å². The van der Waals surface area contributed by atoms with Crippen LogP contribution in [-0.4, -0.2) is 37.9 Å². The van der Waals surface area contributed by atoms with Gasteiger partial charge in [0.2, 0.25) is 0 Å². The first kappa shape index (κ1) is 15.5. The van der Waals surface area contributed by atoms with E-state index in [2.05, 4.69) is 15.1 Å². The van der Waals surface area contributed by atoms with Gasteiger partial charge >= 0.3 is 0 Å². The first-order valence-electron chi connectivity index (χ1n) is 7.15. The zero-order chi connectivity index (χ0) is 16.2. The summed E-state index contributed by atoms with van der Waals surface area (Å²) in [7, 11) is 1.85. The van der Waals surface area contributed by atoms with Crippen LogP contribution >= 0.6 is 11.8 Å². The number of hydrogen-bond acceptors (Lipinski definition) is 6. The Morgan fingerprint density at radius 3 is 2.96 bits per heavy atom. The highest BCUT2D eigenvalue weighted by molar-refractivity contribution is 7.99. The molecule has 0 bridgehead atoms. The molecule has 0 unspecified atom stereocenters. The van der Waals surface area contributed by atoms with E-state index in [1.54, 1.807) is 28.7 Å². The number of carbonyl (C=O) groups excluding carboxylic acids is 1. The van der Waals surface area contributed by atoms with E-state index in [9.17, 15) is 4.79 Å². The molecule has 23 heavy (non-hydrogen) atoms. The third-order valence-electron chi connectivity index (χ3n) is 3.34. The molecule has 7 heteroatoms. The number of aromatic nitrogens is 4. The Bertz CT molecular complexity index is 847. The Labute approximate surface area is 137 Å². The molecule has 2 aromatic heterocycles. The molecule has 0 aliphatic carbocycles. The van der Waals surface area contributed by atoms with Crippen LogP contribution in [0.1, 0.15) is 17.3 Å². The number of hydrogen-bond donors (Lipinski definition) is 0. The van der Waals surface area contributed by atoms with Crippen LogP contribution in [0.15, 0.2) is 41.8 Å². The van der Waals surface area contributed by atoms with Crippen LogP contribution in [0.5, 0.6) is 5.75 Å². The van der Waals surface area contributed by atoms with Crippen LogP contribution in [0.4, 0.5) is 0 Å². The van der Waals surface area contributed by atoms with E-state index in [4.69, 9.17) is 4.74 Å². The fraction of sp³-hybridized carbons (Fsp3) is 0.250. The number of benzene rings is 1. The van der Waals surface area contributed by atoms with Gasteiger partial charge in [0, 0.05) is 12.8 Å². The average molecular weight is 328 g/mol. The molecule has 118 valence electrons. The van der Waals surface area contributed by atoms with Crippen molar-refractivity contribution in [1.82, 2.24) is 19.7 Å². The summed E-state index contributed by atoms with van der Waals surface area (Å²) in [6, 6.07) is 7.27. The van der Waals surface area contributed by atoms with Crippen molar-refractivity contribution >= 4 is 28.6 Å². The van der Waals surface area contributed by atoms with E-state index in [1.807, 2.05) is 25.2 Å². The zero-order valence-electron chi connectivity index (χ0n) is 12.9. The lowest BCUT2D eigenvalue weighted by Gasteiger charge is -2.09. The number of carbonyl (C=O) groups is 1. The molecule has 0 N–H and O–H groups in total. The molecular formula is C16H16N4O2S. The van der Waals surface area contributed by atoms with Crippen molar-refractivity contribution in [3.8, 4) is 5.75 Å². The van der Waals surface area contributed by atoms with Crippen molar-refractivity contribution in [1.29, 1.82) is 0 Å². The summed E-state index contributed by atoms with van der Waals surface area (Å²) in [4.78, 5) is 20.1. The maximum atomic E-state index is 11.6. The average Bonchev–Trinajstić information content (AvgIpc) is 2.94. The predicted octanol–water partition coefficient (Wildman–Crippen LogP) is 2.74. The summed E-state index contributed by atoms with van der Waals surface area (Å²) in [5.41, 5.74) is 1.42. The second kappa shape index (κ2) is 6.78. The Hall–Kier alpha value is -2.41. The molecule has 3 aromatic rings. The SMILES string of the molecule is CC(=O)c1ccccc1OCCSc1ncnc2c1cnn2C. The van der Waals surface area contributed by atoms with Gasteiger partial charge in [0.1, 0.15) is 17.1 Å². The van der Waals surface area contributed by atoms with Crippen molar-refractivity contribution in [2.24, 2.45) is 7.05 Å². The molecule has 0 radical (unpaired) electrons. The molecule has 2 heterocycles. The lowest BCUT2D eigenvalue weighted by Crippen LogP contribution is -2.04. The number of nitrogens with zero attached hydrogens (tertiary/aromatic N) is 4. The van der Waals surface area contributed by atoms with Gasteiger partial charge in [-0.25, -0.2) is 9.97 Å². The summed E-state index contributed by atoms with van der Waals surface area (Å²) < 4.78 is 7.45. The third-order valence-corrected chi connectivity index (χ3v) is 4.31. The Balaban J connectivity index is 1.63. The van der Waals surface area contributed by atoms with E-state index in [0.29, 0.717) is 23.7 Å². The molecule has 0 fully saturated rings. The van der Waals surface area contributed by atoms with Crippen molar-refractivity contribution in [3.63, 3.8) is 0 Å². The molecule has 0 saturated heterocycles. The van der Waals surface area contributed by atoms with Gasteiger partial charge in [-0.05, 0) is 19.1 Å².